The van der Waals surface area contributed by atoms with Gasteiger partial charge < -0.3 is 10.2 Å². The van der Waals surface area contributed by atoms with E-state index < -0.39 is 0 Å². The Balaban J connectivity index is 1.36. The predicted octanol–water partition coefficient (Wildman–Crippen LogP) is 4.92. The summed E-state index contributed by atoms with van der Waals surface area (Å²) in [5.74, 6) is 0.371. The zero-order valence-corrected chi connectivity index (χ0v) is 16.6. The molecule has 1 aromatic heterocycles. The number of aromatic nitrogens is 2. The molecule has 2 heterocycles. The average molecular weight is 402 g/mol. The Morgan fingerprint density at radius 1 is 0.900 bits per heavy atom. The number of rotatable bonds is 5. The molecule has 0 atom stereocenters. The van der Waals surface area contributed by atoms with Gasteiger partial charge in [0.2, 0.25) is 5.91 Å². The standard InChI is InChI=1S/C24H23FN4O/c25-20-9-4-18(5-10-20)6-15-24(30)26-21-11-7-19(8-12-21)22-13-14-23(28-27-22)29-16-2-1-3-17-29/h4-15H,1-3,16-17H2,(H,26,30)/b15-6+. The molecule has 1 aliphatic heterocycles. The quantitative estimate of drug-likeness (QED) is 0.615. The summed E-state index contributed by atoms with van der Waals surface area (Å²) in [6, 6.07) is 17.4. The highest BCUT2D eigenvalue weighted by atomic mass is 19.1. The van der Waals surface area contributed by atoms with E-state index in [1.165, 1.54) is 37.5 Å². The van der Waals surface area contributed by atoms with Gasteiger partial charge in [0.15, 0.2) is 5.82 Å². The van der Waals surface area contributed by atoms with Gasteiger partial charge in [-0.15, -0.1) is 10.2 Å². The second-order valence-electron chi connectivity index (χ2n) is 7.28. The minimum Gasteiger partial charge on any atom is -0.355 e. The minimum absolute atomic E-state index is 0.252. The van der Waals surface area contributed by atoms with Crippen molar-refractivity contribution < 1.29 is 9.18 Å². The van der Waals surface area contributed by atoms with Crippen LogP contribution in [-0.2, 0) is 4.79 Å². The van der Waals surface area contributed by atoms with E-state index in [1.807, 2.05) is 36.4 Å². The first kappa shape index (κ1) is 19.8. The number of hydrogen-bond donors (Lipinski definition) is 1. The van der Waals surface area contributed by atoms with E-state index in [0.29, 0.717) is 5.69 Å². The Bertz CT molecular complexity index is 1010. The van der Waals surface area contributed by atoms with Crippen LogP contribution in [0.15, 0.2) is 66.7 Å². The van der Waals surface area contributed by atoms with E-state index in [2.05, 4.69) is 20.4 Å². The summed E-state index contributed by atoms with van der Waals surface area (Å²) in [5.41, 5.74) is 3.18. The Kier molecular flexibility index (Phi) is 6.13. The van der Waals surface area contributed by atoms with Crippen molar-refractivity contribution in [2.75, 3.05) is 23.3 Å². The van der Waals surface area contributed by atoms with Gasteiger partial charge in [-0.25, -0.2) is 4.39 Å². The van der Waals surface area contributed by atoms with Crippen LogP contribution in [0, 0.1) is 5.82 Å². The number of nitrogens with one attached hydrogen (secondary N) is 1. The van der Waals surface area contributed by atoms with Gasteiger partial charge in [-0.3, -0.25) is 4.79 Å². The van der Waals surface area contributed by atoms with Gasteiger partial charge in [-0.05, 0) is 67.3 Å². The van der Waals surface area contributed by atoms with Crippen LogP contribution in [0.5, 0.6) is 0 Å². The Morgan fingerprint density at radius 3 is 2.30 bits per heavy atom. The third-order valence-corrected chi connectivity index (χ3v) is 5.08. The molecule has 1 amide bonds. The maximum absolute atomic E-state index is 12.9. The maximum Gasteiger partial charge on any atom is 0.248 e. The molecule has 0 radical (unpaired) electrons. The molecule has 30 heavy (non-hydrogen) atoms. The molecule has 4 rings (SSSR count). The van der Waals surface area contributed by atoms with Crippen LogP contribution >= 0.6 is 0 Å². The smallest absolute Gasteiger partial charge is 0.248 e. The zero-order chi connectivity index (χ0) is 20.8. The summed E-state index contributed by atoms with van der Waals surface area (Å²) in [6.07, 6.45) is 6.76. The van der Waals surface area contributed by atoms with E-state index in [0.717, 1.165) is 35.7 Å². The normalized spacial score (nSPS) is 14.1. The highest BCUT2D eigenvalue weighted by molar-refractivity contribution is 6.02. The number of amides is 1. The van der Waals surface area contributed by atoms with Crippen LogP contribution < -0.4 is 10.2 Å². The summed E-state index contributed by atoms with van der Waals surface area (Å²) in [4.78, 5) is 14.4. The first-order valence-electron chi connectivity index (χ1n) is 10.1. The fourth-order valence-corrected chi connectivity index (χ4v) is 3.42. The topological polar surface area (TPSA) is 58.1 Å². The molecular formula is C24H23FN4O. The van der Waals surface area contributed by atoms with Gasteiger partial charge in [0.25, 0.3) is 0 Å². The number of halogens is 1. The van der Waals surface area contributed by atoms with Crippen molar-refractivity contribution in [2.45, 2.75) is 19.3 Å². The van der Waals surface area contributed by atoms with Crippen LogP contribution in [0.4, 0.5) is 15.9 Å². The van der Waals surface area contributed by atoms with Crippen molar-refractivity contribution in [3.8, 4) is 11.3 Å². The number of piperidine rings is 1. The van der Waals surface area contributed by atoms with Crippen molar-refractivity contribution in [3.05, 3.63) is 78.1 Å². The SMILES string of the molecule is O=C(/C=C/c1ccc(F)cc1)Nc1ccc(-c2ccc(N3CCCCC3)nn2)cc1. The highest BCUT2D eigenvalue weighted by Crippen LogP contribution is 2.22. The maximum atomic E-state index is 12.9. The van der Waals surface area contributed by atoms with Gasteiger partial charge in [-0.2, -0.15) is 0 Å². The average Bonchev–Trinajstić information content (AvgIpc) is 2.80. The van der Waals surface area contributed by atoms with Crippen molar-refractivity contribution >= 4 is 23.5 Å². The predicted molar refractivity (Wildman–Crippen MR) is 118 cm³/mol. The second-order valence-corrected chi connectivity index (χ2v) is 7.28. The molecule has 1 aliphatic rings. The van der Waals surface area contributed by atoms with Crippen LogP contribution in [0.25, 0.3) is 17.3 Å². The first-order chi connectivity index (χ1) is 14.7. The van der Waals surface area contributed by atoms with Crippen molar-refractivity contribution in [1.82, 2.24) is 10.2 Å². The molecule has 1 fully saturated rings. The molecule has 6 heteroatoms. The highest BCUT2D eigenvalue weighted by Gasteiger charge is 2.12. The number of nitrogens with zero attached hydrogens (tertiary/aromatic N) is 3. The molecule has 3 aromatic rings. The number of carbonyl (C=O) groups is 1. The lowest BCUT2D eigenvalue weighted by Gasteiger charge is -2.27. The fourth-order valence-electron chi connectivity index (χ4n) is 3.42. The van der Waals surface area contributed by atoms with E-state index >= 15 is 0 Å². The molecule has 5 nitrogen and oxygen atoms in total. The fraction of sp³-hybridized carbons (Fsp3) is 0.208. The lowest BCUT2D eigenvalue weighted by atomic mass is 10.1. The Hall–Kier alpha value is -3.54. The second kappa shape index (κ2) is 9.31. The largest absolute Gasteiger partial charge is 0.355 e. The minimum atomic E-state index is -0.303. The van der Waals surface area contributed by atoms with Crippen LogP contribution in [0.2, 0.25) is 0 Å². The van der Waals surface area contributed by atoms with Crippen LogP contribution in [0.1, 0.15) is 24.8 Å². The van der Waals surface area contributed by atoms with E-state index in [9.17, 15) is 9.18 Å². The van der Waals surface area contributed by atoms with Crippen LogP contribution in [0.3, 0.4) is 0 Å². The van der Waals surface area contributed by atoms with Gasteiger partial charge >= 0.3 is 0 Å². The molecule has 2 aromatic carbocycles. The van der Waals surface area contributed by atoms with Gasteiger partial charge in [0.05, 0.1) is 5.69 Å². The van der Waals surface area contributed by atoms with Gasteiger partial charge in [-0.1, -0.05) is 24.3 Å². The van der Waals surface area contributed by atoms with Crippen molar-refractivity contribution in [1.29, 1.82) is 0 Å². The van der Waals surface area contributed by atoms with Crippen molar-refractivity contribution in [3.63, 3.8) is 0 Å². The molecule has 0 spiro atoms. The van der Waals surface area contributed by atoms with Gasteiger partial charge in [0.1, 0.15) is 5.82 Å². The molecule has 0 aliphatic carbocycles. The van der Waals surface area contributed by atoms with E-state index in [-0.39, 0.29) is 11.7 Å². The number of anilines is 2. The molecule has 1 N–H and O–H groups in total. The molecule has 1 saturated heterocycles. The van der Waals surface area contributed by atoms with Crippen molar-refractivity contribution in [2.24, 2.45) is 0 Å². The van der Waals surface area contributed by atoms with Crippen LogP contribution in [-0.4, -0.2) is 29.2 Å². The third kappa shape index (κ3) is 5.08. The number of benzene rings is 2. The number of hydrogen-bond acceptors (Lipinski definition) is 4. The summed E-state index contributed by atoms with van der Waals surface area (Å²) in [5, 5.41) is 11.6. The molecule has 152 valence electrons. The van der Waals surface area contributed by atoms with Gasteiger partial charge in [0, 0.05) is 30.4 Å². The Morgan fingerprint density at radius 2 is 1.63 bits per heavy atom. The third-order valence-electron chi connectivity index (χ3n) is 5.08. The van der Waals surface area contributed by atoms with E-state index in [4.69, 9.17) is 0 Å². The lowest BCUT2D eigenvalue weighted by Crippen LogP contribution is -2.30. The zero-order valence-electron chi connectivity index (χ0n) is 16.6. The molecule has 0 bridgehead atoms. The number of carbonyl (C=O) groups excluding carboxylic acids is 1. The summed E-state index contributed by atoms with van der Waals surface area (Å²) < 4.78 is 12.9. The first-order valence-corrected chi connectivity index (χ1v) is 10.1. The molecular weight excluding hydrogens is 379 g/mol. The lowest BCUT2D eigenvalue weighted by molar-refractivity contribution is -0.111. The summed E-state index contributed by atoms with van der Waals surface area (Å²) >= 11 is 0. The molecule has 0 unspecified atom stereocenters. The summed E-state index contributed by atoms with van der Waals surface area (Å²) in [6.45, 7) is 2.08. The van der Waals surface area contributed by atoms with E-state index in [1.54, 1.807) is 18.2 Å². The monoisotopic (exact) mass is 402 g/mol. The molecule has 0 saturated carbocycles. The Labute approximate surface area is 175 Å². The summed E-state index contributed by atoms with van der Waals surface area (Å²) in [7, 11) is 0.